The molecular formula is C26H23N5O2S. The van der Waals surface area contributed by atoms with Crippen LogP contribution < -0.4 is 9.64 Å². The molecule has 1 aromatic heterocycles. The smallest absolute Gasteiger partial charge is 0.237 e. The van der Waals surface area contributed by atoms with E-state index in [1.807, 2.05) is 89.5 Å². The molecule has 0 bridgehead atoms. The number of carbonyl (C=O) groups is 1. The van der Waals surface area contributed by atoms with Gasteiger partial charge in [-0.1, -0.05) is 60.3 Å². The fourth-order valence-corrected chi connectivity index (χ4v) is 4.32. The Balaban J connectivity index is 1.63. The summed E-state index contributed by atoms with van der Waals surface area (Å²) in [5.74, 6) is 1.44. The van der Waals surface area contributed by atoms with Crippen LogP contribution in [0.2, 0.25) is 0 Å². The van der Waals surface area contributed by atoms with Crippen LogP contribution in [0.15, 0.2) is 90.1 Å². The summed E-state index contributed by atoms with van der Waals surface area (Å²) in [6.07, 6.45) is 0.255. The molecule has 0 unspecified atom stereocenters. The Morgan fingerprint density at radius 3 is 2.47 bits per heavy atom. The zero-order valence-electron chi connectivity index (χ0n) is 18.7. The minimum absolute atomic E-state index is 0.100. The number of thioether (sulfide) groups is 1. The summed E-state index contributed by atoms with van der Waals surface area (Å²) < 4.78 is 7.31. The van der Waals surface area contributed by atoms with E-state index in [2.05, 4.69) is 16.3 Å². The van der Waals surface area contributed by atoms with Crippen LogP contribution in [-0.2, 0) is 4.79 Å². The van der Waals surface area contributed by atoms with Crippen LogP contribution in [0.4, 0.5) is 5.69 Å². The number of nitriles is 1. The van der Waals surface area contributed by atoms with Gasteiger partial charge < -0.3 is 9.64 Å². The van der Waals surface area contributed by atoms with Crippen LogP contribution in [0.3, 0.4) is 0 Å². The van der Waals surface area contributed by atoms with Crippen molar-refractivity contribution < 1.29 is 9.53 Å². The number of anilines is 1. The van der Waals surface area contributed by atoms with Gasteiger partial charge in [-0.2, -0.15) is 5.26 Å². The third kappa shape index (κ3) is 5.27. The Kier molecular flexibility index (Phi) is 7.58. The molecule has 0 N–H and O–H groups in total. The third-order valence-electron chi connectivity index (χ3n) is 5.12. The summed E-state index contributed by atoms with van der Waals surface area (Å²) >= 11 is 1.32. The number of carbonyl (C=O) groups excluding carboxylic acids is 1. The van der Waals surface area contributed by atoms with Crippen LogP contribution in [-0.4, -0.2) is 40.1 Å². The summed E-state index contributed by atoms with van der Waals surface area (Å²) in [4.78, 5) is 14.8. The number of para-hydroxylation sites is 2. The van der Waals surface area contributed by atoms with Crippen molar-refractivity contribution in [2.75, 3.05) is 24.3 Å². The molecule has 0 saturated heterocycles. The van der Waals surface area contributed by atoms with E-state index in [1.54, 1.807) is 12.0 Å². The van der Waals surface area contributed by atoms with Crippen molar-refractivity contribution >= 4 is 23.4 Å². The first-order valence-electron chi connectivity index (χ1n) is 10.7. The minimum Gasteiger partial charge on any atom is -0.497 e. The van der Waals surface area contributed by atoms with E-state index in [1.165, 1.54) is 11.8 Å². The highest BCUT2D eigenvalue weighted by Gasteiger charge is 2.20. The first-order valence-corrected chi connectivity index (χ1v) is 11.7. The average molecular weight is 470 g/mol. The van der Waals surface area contributed by atoms with Crippen LogP contribution in [0, 0.1) is 11.3 Å². The van der Waals surface area contributed by atoms with E-state index in [4.69, 9.17) is 10.00 Å². The Bertz CT molecular complexity index is 1290. The van der Waals surface area contributed by atoms with Crippen molar-refractivity contribution in [1.82, 2.24) is 14.8 Å². The molecule has 0 aliphatic carbocycles. The standard InChI is InChI=1S/C26H23N5O2S/c1-33-23-15-8-10-20(18-23)25-28-29-26(31(25)22-13-6-3-7-14-22)34-19-24(32)30(17-9-16-27)21-11-4-2-5-12-21/h2-8,10-15,18H,9,17,19H2,1H3. The molecule has 1 heterocycles. The first kappa shape index (κ1) is 23.1. The van der Waals surface area contributed by atoms with Gasteiger partial charge in [0.1, 0.15) is 5.75 Å². The van der Waals surface area contributed by atoms with Gasteiger partial charge in [0.25, 0.3) is 0 Å². The second-order valence-corrected chi connectivity index (χ2v) is 8.23. The number of aromatic nitrogens is 3. The quantitative estimate of drug-likeness (QED) is 0.322. The van der Waals surface area contributed by atoms with Gasteiger partial charge in [0, 0.05) is 23.5 Å². The number of ether oxygens (including phenoxy) is 1. The molecule has 0 aliphatic rings. The maximum absolute atomic E-state index is 13.2. The maximum Gasteiger partial charge on any atom is 0.237 e. The molecule has 8 heteroatoms. The predicted octanol–water partition coefficient (Wildman–Crippen LogP) is 4.98. The lowest BCUT2D eigenvalue weighted by Crippen LogP contribution is -2.33. The van der Waals surface area contributed by atoms with E-state index in [0.717, 1.165) is 22.7 Å². The highest BCUT2D eigenvalue weighted by molar-refractivity contribution is 7.99. The van der Waals surface area contributed by atoms with Gasteiger partial charge in [-0.3, -0.25) is 9.36 Å². The molecule has 3 aromatic carbocycles. The van der Waals surface area contributed by atoms with Gasteiger partial charge in [-0.25, -0.2) is 0 Å². The number of methoxy groups -OCH3 is 1. The molecule has 170 valence electrons. The number of amides is 1. The summed E-state index contributed by atoms with van der Waals surface area (Å²) in [5.41, 5.74) is 2.52. The Hall–Kier alpha value is -4.09. The van der Waals surface area contributed by atoms with Gasteiger partial charge in [-0.05, 0) is 36.4 Å². The third-order valence-corrected chi connectivity index (χ3v) is 6.03. The lowest BCUT2D eigenvalue weighted by Gasteiger charge is -2.21. The number of nitrogens with zero attached hydrogens (tertiary/aromatic N) is 5. The van der Waals surface area contributed by atoms with Crippen molar-refractivity contribution in [1.29, 1.82) is 5.26 Å². The van der Waals surface area contributed by atoms with Crippen LogP contribution in [0.1, 0.15) is 6.42 Å². The summed E-state index contributed by atoms with van der Waals surface area (Å²) in [6, 6.07) is 28.9. The molecule has 0 spiro atoms. The summed E-state index contributed by atoms with van der Waals surface area (Å²) in [7, 11) is 1.62. The fourth-order valence-electron chi connectivity index (χ4n) is 3.49. The van der Waals surface area contributed by atoms with Gasteiger partial charge in [0.05, 0.1) is 25.4 Å². The minimum atomic E-state index is -0.100. The maximum atomic E-state index is 13.2. The summed E-state index contributed by atoms with van der Waals surface area (Å²) in [5, 5.41) is 18.5. The lowest BCUT2D eigenvalue weighted by atomic mass is 10.2. The van der Waals surface area contributed by atoms with Crippen LogP contribution in [0.5, 0.6) is 5.75 Å². The zero-order chi connectivity index (χ0) is 23.8. The first-order chi connectivity index (χ1) is 16.7. The SMILES string of the molecule is COc1cccc(-c2nnc(SCC(=O)N(CCC#N)c3ccccc3)n2-c2ccccc2)c1. The van der Waals surface area contributed by atoms with Crippen molar-refractivity contribution in [2.24, 2.45) is 0 Å². The molecule has 34 heavy (non-hydrogen) atoms. The highest BCUT2D eigenvalue weighted by Crippen LogP contribution is 2.30. The highest BCUT2D eigenvalue weighted by atomic mass is 32.2. The van der Waals surface area contributed by atoms with E-state index in [0.29, 0.717) is 17.5 Å². The number of hydrogen-bond donors (Lipinski definition) is 0. The average Bonchev–Trinajstić information content (AvgIpc) is 3.33. The van der Waals surface area contributed by atoms with Gasteiger partial charge >= 0.3 is 0 Å². The van der Waals surface area contributed by atoms with Crippen LogP contribution >= 0.6 is 11.8 Å². The van der Waals surface area contributed by atoms with Gasteiger partial charge in [0.2, 0.25) is 5.91 Å². The predicted molar refractivity (Wildman–Crippen MR) is 133 cm³/mol. The molecular weight excluding hydrogens is 446 g/mol. The molecule has 0 radical (unpaired) electrons. The molecule has 0 atom stereocenters. The normalized spacial score (nSPS) is 10.5. The molecule has 4 rings (SSSR count). The molecule has 4 aromatic rings. The summed E-state index contributed by atoms with van der Waals surface area (Å²) in [6.45, 7) is 0.334. The monoisotopic (exact) mass is 469 g/mol. The number of benzene rings is 3. The molecule has 1 amide bonds. The van der Waals surface area contributed by atoms with E-state index < -0.39 is 0 Å². The second-order valence-electron chi connectivity index (χ2n) is 7.29. The van der Waals surface area contributed by atoms with Crippen LogP contribution in [0.25, 0.3) is 17.1 Å². The molecule has 0 aliphatic heterocycles. The van der Waals surface area contributed by atoms with Crippen molar-refractivity contribution in [3.05, 3.63) is 84.9 Å². The number of hydrogen-bond acceptors (Lipinski definition) is 6. The van der Waals surface area contributed by atoms with Gasteiger partial charge in [0.15, 0.2) is 11.0 Å². The topological polar surface area (TPSA) is 84.0 Å². The zero-order valence-corrected chi connectivity index (χ0v) is 19.5. The number of rotatable bonds is 9. The molecule has 0 saturated carbocycles. The molecule has 0 fully saturated rings. The lowest BCUT2D eigenvalue weighted by molar-refractivity contribution is -0.116. The van der Waals surface area contributed by atoms with Crippen molar-refractivity contribution in [3.8, 4) is 28.9 Å². The fraction of sp³-hybridized carbons (Fsp3) is 0.154. The van der Waals surface area contributed by atoms with E-state index in [9.17, 15) is 4.79 Å². The van der Waals surface area contributed by atoms with Crippen molar-refractivity contribution in [2.45, 2.75) is 11.6 Å². The van der Waals surface area contributed by atoms with Crippen molar-refractivity contribution in [3.63, 3.8) is 0 Å². The largest absolute Gasteiger partial charge is 0.497 e. The Morgan fingerprint density at radius 2 is 1.76 bits per heavy atom. The van der Waals surface area contributed by atoms with E-state index in [-0.39, 0.29) is 18.1 Å². The second kappa shape index (κ2) is 11.2. The van der Waals surface area contributed by atoms with E-state index >= 15 is 0 Å². The Labute approximate surface area is 202 Å². The Morgan fingerprint density at radius 1 is 1.03 bits per heavy atom. The molecule has 7 nitrogen and oxygen atoms in total. The van der Waals surface area contributed by atoms with Gasteiger partial charge in [-0.15, -0.1) is 10.2 Å².